The maximum atomic E-state index is 13.1. The lowest BCUT2D eigenvalue weighted by atomic mass is 9.78. The van der Waals surface area contributed by atoms with Crippen LogP contribution in [0.3, 0.4) is 0 Å². The maximum absolute atomic E-state index is 13.1. The van der Waals surface area contributed by atoms with E-state index in [1.165, 1.54) is 49.1 Å². The lowest BCUT2D eigenvalue weighted by molar-refractivity contribution is 0.0941. The van der Waals surface area contributed by atoms with Crippen molar-refractivity contribution in [1.29, 1.82) is 0 Å². The summed E-state index contributed by atoms with van der Waals surface area (Å²) in [4.78, 5) is 25.2. The molecule has 1 aliphatic heterocycles. The fraction of sp³-hybridized carbons (Fsp3) is 0.424. The maximum Gasteiger partial charge on any atom is 0.163 e. The van der Waals surface area contributed by atoms with Crippen LogP contribution in [0.2, 0.25) is 0 Å². The average Bonchev–Trinajstić information content (AvgIpc) is 3.35. The first-order chi connectivity index (χ1) is 18.7. The molecule has 0 bridgehead atoms. The predicted molar refractivity (Wildman–Crippen MR) is 153 cm³/mol. The molecule has 0 saturated heterocycles. The second kappa shape index (κ2) is 11.2. The van der Waals surface area contributed by atoms with Gasteiger partial charge in [0, 0.05) is 55.2 Å². The first-order valence-electron chi connectivity index (χ1n) is 14.4. The third-order valence-corrected chi connectivity index (χ3v) is 8.78. The van der Waals surface area contributed by atoms with E-state index in [0.29, 0.717) is 12.3 Å². The van der Waals surface area contributed by atoms with Gasteiger partial charge in [0.05, 0.1) is 16.9 Å². The van der Waals surface area contributed by atoms with Crippen molar-refractivity contribution in [3.63, 3.8) is 0 Å². The Labute approximate surface area is 225 Å². The van der Waals surface area contributed by atoms with Crippen LogP contribution in [0.4, 0.5) is 0 Å². The third kappa shape index (κ3) is 5.17. The molecule has 0 atom stereocenters. The molecule has 0 radical (unpaired) electrons. The fourth-order valence-electron chi connectivity index (χ4n) is 6.62. The number of pyridine rings is 1. The van der Waals surface area contributed by atoms with Crippen LogP contribution in [0.1, 0.15) is 67.2 Å². The highest BCUT2D eigenvalue weighted by molar-refractivity contribution is 6.07. The minimum atomic E-state index is 0.276. The van der Waals surface area contributed by atoms with Crippen molar-refractivity contribution in [2.45, 2.75) is 65.0 Å². The molecule has 0 spiro atoms. The van der Waals surface area contributed by atoms with Crippen molar-refractivity contribution < 1.29 is 4.79 Å². The van der Waals surface area contributed by atoms with E-state index in [1.54, 1.807) is 6.20 Å². The Kier molecular flexibility index (Phi) is 7.37. The second-order valence-electron chi connectivity index (χ2n) is 11.1. The SMILES string of the molecule is CCn1c(-c2ccccc2)nc2c1CN(CCC1CCC(CC(=O)c3cccc4ncccc34)CC1)CC2. The molecule has 1 fully saturated rings. The van der Waals surface area contributed by atoms with Gasteiger partial charge in [-0.3, -0.25) is 14.7 Å². The number of Topliss-reactive ketones (excluding diaryl/α,β-unsaturated/α-hetero) is 1. The normalized spacial score (nSPS) is 19.9. The van der Waals surface area contributed by atoms with E-state index in [1.807, 2.05) is 30.3 Å². The summed E-state index contributed by atoms with van der Waals surface area (Å²) in [5.74, 6) is 2.69. The lowest BCUT2D eigenvalue weighted by Gasteiger charge is -2.32. The highest BCUT2D eigenvalue weighted by Crippen LogP contribution is 2.35. The average molecular weight is 507 g/mol. The molecule has 1 saturated carbocycles. The summed E-state index contributed by atoms with van der Waals surface area (Å²) in [6.45, 7) is 6.46. The summed E-state index contributed by atoms with van der Waals surface area (Å²) in [5.41, 5.74) is 5.65. The van der Waals surface area contributed by atoms with Gasteiger partial charge in [-0.2, -0.15) is 0 Å². The monoisotopic (exact) mass is 506 g/mol. The molecule has 6 rings (SSSR count). The van der Waals surface area contributed by atoms with E-state index in [9.17, 15) is 4.79 Å². The summed E-state index contributed by atoms with van der Waals surface area (Å²) < 4.78 is 2.42. The Morgan fingerprint density at radius 3 is 2.58 bits per heavy atom. The van der Waals surface area contributed by atoms with E-state index >= 15 is 0 Å². The molecule has 0 unspecified atom stereocenters. The molecule has 2 aliphatic rings. The van der Waals surface area contributed by atoms with Gasteiger partial charge in [0.25, 0.3) is 0 Å². The van der Waals surface area contributed by atoms with Crippen molar-refractivity contribution in [2.24, 2.45) is 11.8 Å². The molecule has 5 heteroatoms. The fourth-order valence-corrected chi connectivity index (χ4v) is 6.62. The summed E-state index contributed by atoms with van der Waals surface area (Å²) >= 11 is 0. The molecule has 2 aromatic heterocycles. The van der Waals surface area contributed by atoms with Gasteiger partial charge in [0.15, 0.2) is 5.78 Å². The molecule has 38 heavy (non-hydrogen) atoms. The summed E-state index contributed by atoms with van der Waals surface area (Å²) in [6, 6.07) is 20.5. The van der Waals surface area contributed by atoms with Crippen molar-refractivity contribution >= 4 is 16.7 Å². The molecule has 2 aromatic carbocycles. The molecule has 3 heterocycles. The van der Waals surface area contributed by atoms with Crippen molar-refractivity contribution in [3.8, 4) is 11.4 Å². The van der Waals surface area contributed by atoms with E-state index < -0.39 is 0 Å². The highest BCUT2D eigenvalue weighted by atomic mass is 16.1. The van der Waals surface area contributed by atoms with Crippen LogP contribution in [-0.4, -0.2) is 38.3 Å². The molecule has 4 aromatic rings. The van der Waals surface area contributed by atoms with Gasteiger partial charge in [-0.1, -0.05) is 61.4 Å². The number of hydrogen-bond acceptors (Lipinski definition) is 4. The van der Waals surface area contributed by atoms with Crippen molar-refractivity contribution in [3.05, 3.63) is 83.8 Å². The van der Waals surface area contributed by atoms with Gasteiger partial charge in [-0.05, 0) is 56.7 Å². The standard InChI is InChI=1S/C33H38N4O/c1-2-37-31-23-36(21-18-30(31)35-33(37)26-8-4-3-5-9-26)20-17-24-13-15-25(16-14-24)22-32(38)28-10-6-12-29-27(28)11-7-19-34-29/h3-12,19,24-25H,2,13-18,20-23H2,1H3. The number of nitrogens with zero attached hydrogens (tertiary/aromatic N) is 4. The minimum Gasteiger partial charge on any atom is -0.327 e. The number of benzene rings is 2. The summed E-state index contributed by atoms with van der Waals surface area (Å²) in [5, 5.41) is 0.985. The Morgan fingerprint density at radius 1 is 0.947 bits per heavy atom. The first kappa shape index (κ1) is 25.0. The minimum absolute atomic E-state index is 0.276. The quantitative estimate of drug-likeness (QED) is 0.243. The number of imidazole rings is 1. The van der Waals surface area contributed by atoms with E-state index in [4.69, 9.17) is 4.98 Å². The van der Waals surface area contributed by atoms with E-state index in [0.717, 1.165) is 60.8 Å². The number of rotatable bonds is 8. The second-order valence-corrected chi connectivity index (χ2v) is 11.1. The third-order valence-electron chi connectivity index (χ3n) is 8.78. The summed E-state index contributed by atoms with van der Waals surface area (Å²) in [7, 11) is 0. The van der Waals surface area contributed by atoms with Crippen molar-refractivity contribution in [2.75, 3.05) is 13.1 Å². The van der Waals surface area contributed by atoms with Crippen LogP contribution < -0.4 is 0 Å². The molecule has 196 valence electrons. The van der Waals surface area contributed by atoms with Gasteiger partial charge in [-0.25, -0.2) is 4.98 Å². The number of ketones is 1. The summed E-state index contributed by atoms with van der Waals surface area (Å²) in [6.07, 6.45) is 9.61. The Balaban J connectivity index is 1.01. The molecule has 0 N–H and O–H groups in total. The van der Waals surface area contributed by atoms with Gasteiger partial charge in [0.1, 0.15) is 5.82 Å². The lowest BCUT2D eigenvalue weighted by Crippen LogP contribution is -2.33. The van der Waals surface area contributed by atoms with Crippen LogP contribution in [0.15, 0.2) is 66.9 Å². The van der Waals surface area contributed by atoms with Gasteiger partial charge in [-0.15, -0.1) is 0 Å². The number of hydrogen-bond donors (Lipinski definition) is 0. The topological polar surface area (TPSA) is 51.0 Å². The van der Waals surface area contributed by atoms with Crippen LogP contribution in [0.5, 0.6) is 0 Å². The zero-order valence-corrected chi connectivity index (χ0v) is 22.5. The van der Waals surface area contributed by atoms with Crippen LogP contribution >= 0.6 is 0 Å². The van der Waals surface area contributed by atoms with Crippen molar-refractivity contribution in [1.82, 2.24) is 19.4 Å². The Bertz CT molecular complexity index is 1400. The molecular weight excluding hydrogens is 468 g/mol. The zero-order valence-electron chi connectivity index (χ0n) is 22.5. The van der Waals surface area contributed by atoms with Crippen LogP contribution in [0, 0.1) is 11.8 Å². The predicted octanol–water partition coefficient (Wildman–Crippen LogP) is 6.95. The number of fused-ring (bicyclic) bond motifs is 2. The number of carbonyl (C=O) groups is 1. The Morgan fingerprint density at radius 2 is 1.76 bits per heavy atom. The van der Waals surface area contributed by atoms with Gasteiger partial charge >= 0.3 is 0 Å². The van der Waals surface area contributed by atoms with E-state index in [-0.39, 0.29) is 5.78 Å². The van der Waals surface area contributed by atoms with Gasteiger partial charge in [0.2, 0.25) is 0 Å². The van der Waals surface area contributed by atoms with Gasteiger partial charge < -0.3 is 4.57 Å². The first-order valence-corrected chi connectivity index (χ1v) is 14.4. The number of aromatic nitrogens is 3. The van der Waals surface area contributed by atoms with Crippen LogP contribution in [-0.2, 0) is 19.5 Å². The largest absolute Gasteiger partial charge is 0.327 e. The zero-order chi connectivity index (χ0) is 25.9. The molecule has 5 nitrogen and oxygen atoms in total. The molecular formula is C33H38N4O. The smallest absolute Gasteiger partial charge is 0.163 e. The Hall–Kier alpha value is -3.31. The van der Waals surface area contributed by atoms with E-state index in [2.05, 4.69) is 51.7 Å². The molecule has 1 aliphatic carbocycles. The molecule has 0 amide bonds. The van der Waals surface area contributed by atoms with Crippen LogP contribution in [0.25, 0.3) is 22.3 Å². The highest BCUT2D eigenvalue weighted by Gasteiger charge is 2.27. The number of carbonyl (C=O) groups excluding carboxylic acids is 1.